The van der Waals surface area contributed by atoms with Crippen molar-refractivity contribution in [3.8, 4) is 5.75 Å². The summed E-state index contributed by atoms with van der Waals surface area (Å²) in [6.45, 7) is 3.48. The molecule has 0 unspecified atom stereocenters. The van der Waals surface area contributed by atoms with Crippen molar-refractivity contribution in [3.05, 3.63) is 53.1 Å². The Morgan fingerprint density at radius 2 is 1.88 bits per heavy atom. The average Bonchev–Trinajstić information content (AvgIpc) is 2.77. The van der Waals surface area contributed by atoms with Crippen molar-refractivity contribution < 1.29 is 24.3 Å². The second-order valence-corrected chi connectivity index (χ2v) is 8.15. The molecule has 172 valence electrons. The summed E-state index contributed by atoms with van der Waals surface area (Å²) >= 11 is 0. The lowest BCUT2D eigenvalue weighted by molar-refractivity contribution is -0.137. The molecule has 2 aliphatic rings. The van der Waals surface area contributed by atoms with E-state index in [-0.39, 0.29) is 24.7 Å². The number of hydrogen-bond donors (Lipinski definition) is 1. The Hall–Kier alpha value is -3.09. The SMILES string of the molecule is Cc1cc(O)cc2c1C(=O)OCC/C=C/CC/C=C/C(=N\OCC(=O)N1CCCCC1)C2. The minimum atomic E-state index is -0.424. The van der Waals surface area contributed by atoms with E-state index in [2.05, 4.69) is 11.2 Å². The molecule has 1 aromatic carbocycles. The van der Waals surface area contributed by atoms with Crippen LogP contribution in [0.3, 0.4) is 0 Å². The minimum Gasteiger partial charge on any atom is -0.508 e. The van der Waals surface area contributed by atoms with Gasteiger partial charge in [0.15, 0.2) is 6.61 Å². The predicted molar refractivity (Wildman–Crippen MR) is 123 cm³/mol. The van der Waals surface area contributed by atoms with Crippen LogP contribution in [0.1, 0.15) is 60.0 Å². The Morgan fingerprint density at radius 3 is 2.69 bits per heavy atom. The first-order chi connectivity index (χ1) is 15.5. The third-order valence-corrected chi connectivity index (χ3v) is 5.55. The van der Waals surface area contributed by atoms with E-state index in [1.807, 2.05) is 23.1 Å². The van der Waals surface area contributed by atoms with Crippen molar-refractivity contribution in [2.75, 3.05) is 26.3 Å². The summed E-state index contributed by atoms with van der Waals surface area (Å²) in [5, 5.41) is 14.3. The fourth-order valence-electron chi connectivity index (χ4n) is 3.93. The Labute approximate surface area is 189 Å². The quantitative estimate of drug-likeness (QED) is 0.435. The maximum Gasteiger partial charge on any atom is 0.338 e. The molecule has 7 nitrogen and oxygen atoms in total. The molecule has 0 radical (unpaired) electrons. The van der Waals surface area contributed by atoms with Gasteiger partial charge in [-0.2, -0.15) is 0 Å². The summed E-state index contributed by atoms with van der Waals surface area (Å²) in [6.07, 6.45) is 13.7. The number of ether oxygens (including phenoxy) is 1. The number of rotatable bonds is 3. The maximum atomic E-state index is 12.7. The molecular weight excluding hydrogens is 408 g/mol. The molecule has 0 spiro atoms. The Morgan fingerprint density at radius 1 is 1.12 bits per heavy atom. The number of esters is 1. The molecule has 2 heterocycles. The van der Waals surface area contributed by atoms with Crippen LogP contribution in [0, 0.1) is 6.92 Å². The molecular formula is C25H32N2O5. The van der Waals surface area contributed by atoms with Gasteiger partial charge in [-0.3, -0.25) is 4.79 Å². The highest BCUT2D eigenvalue weighted by atomic mass is 16.6. The molecule has 0 bridgehead atoms. The molecule has 1 fully saturated rings. The van der Waals surface area contributed by atoms with Crippen LogP contribution in [0.2, 0.25) is 0 Å². The first-order valence-electron chi connectivity index (χ1n) is 11.3. The van der Waals surface area contributed by atoms with Crippen LogP contribution in [0.5, 0.6) is 5.75 Å². The Kier molecular flexibility index (Phi) is 8.90. The summed E-state index contributed by atoms with van der Waals surface area (Å²) in [4.78, 5) is 32.3. The van der Waals surface area contributed by atoms with Gasteiger partial charge >= 0.3 is 5.97 Å². The molecule has 0 aliphatic carbocycles. The van der Waals surface area contributed by atoms with Gasteiger partial charge in [0.1, 0.15) is 5.75 Å². The lowest BCUT2D eigenvalue weighted by Crippen LogP contribution is -2.37. The van der Waals surface area contributed by atoms with Gasteiger partial charge in [0.25, 0.3) is 5.91 Å². The van der Waals surface area contributed by atoms with Crippen LogP contribution in [0.25, 0.3) is 0 Å². The zero-order chi connectivity index (χ0) is 22.8. The highest BCUT2D eigenvalue weighted by Crippen LogP contribution is 2.24. The smallest absolute Gasteiger partial charge is 0.338 e. The van der Waals surface area contributed by atoms with E-state index in [1.165, 1.54) is 0 Å². The van der Waals surface area contributed by atoms with Gasteiger partial charge in [-0.05, 0) is 74.8 Å². The van der Waals surface area contributed by atoms with E-state index in [0.29, 0.717) is 35.4 Å². The van der Waals surface area contributed by atoms with Crippen molar-refractivity contribution in [3.63, 3.8) is 0 Å². The topological polar surface area (TPSA) is 88.4 Å². The van der Waals surface area contributed by atoms with E-state index in [9.17, 15) is 14.7 Å². The number of hydrogen-bond acceptors (Lipinski definition) is 6. The molecule has 0 saturated carbocycles. The van der Waals surface area contributed by atoms with Gasteiger partial charge in [-0.15, -0.1) is 0 Å². The molecule has 1 amide bonds. The average molecular weight is 441 g/mol. The minimum absolute atomic E-state index is 0.0680. The third-order valence-electron chi connectivity index (χ3n) is 5.55. The molecule has 1 aromatic rings. The number of carbonyl (C=O) groups is 2. The number of oxime groups is 1. The second-order valence-electron chi connectivity index (χ2n) is 8.15. The van der Waals surface area contributed by atoms with Crippen LogP contribution in [0.4, 0.5) is 0 Å². The van der Waals surface area contributed by atoms with Crippen molar-refractivity contribution in [1.29, 1.82) is 0 Å². The Balaban J connectivity index is 1.80. The van der Waals surface area contributed by atoms with Crippen LogP contribution in [0.15, 0.2) is 41.6 Å². The van der Waals surface area contributed by atoms with Gasteiger partial charge < -0.3 is 19.6 Å². The molecule has 32 heavy (non-hydrogen) atoms. The first-order valence-corrected chi connectivity index (χ1v) is 11.3. The van der Waals surface area contributed by atoms with E-state index >= 15 is 0 Å². The summed E-state index contributed by atoms with van der Waals surface area (Å²) < 4.78 is 5.44. The highest BCUT2D eigenvalue weighted by Gasteiger charge is 2.19. The molecule has 1 saturated heterocycles. The summed E-state index contributed by atoms with van der Waals surface area (Å²) in [5.74, 6) is -0.420. The van der Waals surface area contributed by atoms with Crippen LogP contribution < -0.4 is 0 Å². The number of phenols is 1. The second kappa shape index (κ2) is 12.1. The summed E-state index contributed by atoms with van der Waals surface area (Å²) in [6, 6.07) is 3.10. The fraction of sp³-hybridized carbons (Fsp3) is 0.480. The number of amides is 1. The number of benzene rings is 1. The number of likely N-dealkylation sites (tertiary alicyclic amines) is 1. The van der Waals surface area contributed by atoms with Crippen LogP contribution in [-0.4, -0.2) is 53.9 Å². The molecule has 0 atom stereocenters. The maximum absolute atomic E-state index is 12.7. The number of aromatic hydroxyl groups is 1. The number of nitrogens with zero attached hydrogens (tertiary/aromatic N) is 2. The van der Waals surface area contributed by atoms with Crippen molar-refractivity contribution >= 4 is 17.6 Å². The number of fused-ring (bicyclic) bond motifs is 1. The van der Waals surface area contributed by atoms with E-state index < -0.39 is 5.97 Å². The van der Waals surface area contributed by atoms with Crippen molar-refractivity contribution in [1.82, 2.24) is 4.90 Å². The summed E-state index contributed by atoms with van der Waals surface area (Å²) in [5.41, 5.74) is 2.23. The molecule has 0 aromatic heterocycles. The van der Waals surface area contributed by atoms with Gasteiger partial charge in [-0.25, -0.2) is 4.79 Å². The largest absolute Gasteiger partial charge is 0.508 e. The van der Waals surface area contributed by atoms with Crippen molar-refractivity contribution in [2.24, 2.45) is 5.16 Å². The lowest BCUT2D eigenvalue weighted by atomic mass is 9.96. The fourth-order valence-corrected chi connectivity index (χ4v) is 3.93. The number of phenolic OH excluding ortho intramolecular Hbond substituents is 1. The van der Waals surface area contributed by atoms with Gasteiger partial charge in [0, 0.05) is 19.5 Å². The number of carbonyl (C=O) groups excluding carboxylic acids is 2. The number of aryl methyl sites for hydroxylation is 1. The van der Waals surface area contributed by atoms with Gasteiger partial charge in [0.05, 0.1) is 17.9 Å². The summed E-state index contributed by atoms with van der Waals surface area (Å²) in [7, 11) is 0. The van der Waals surface area contributed by atoms with Gasteiger partial charge in [-0.1, -0.05) is 23.4 Å². The van der Waals surface area contributed by atoms with E-state index in [0.717, 1.165) is 45.2 Å². The number of cyclic esters (lactones) is 1. The third kappa shape index (κ3) is 6.97. The molecule has 1 N–H and O–H groups in total. The van der Waals surface area contributed by atoms with Crippen LogP contribution >= 0.6 is 0 Å². The van der Waals surface area contributed by atoms with E-state index in [4.69, 9.17) is 9.57 Å². The first kappa shape index (κ1) is 23.6. The van der Waals surface area contributed by atoms with Crippen molar-refractivity contribution in [2.45, 2.75) is 51.9 Å². The molecule has 3 rings (SSSR count). The number of allylic oxidation sites excluding steroid dienone is 3. The monoisotopic (exact) mass is 440 g/mol. The zero-order valence-corrected chi connectivity index (χ0v) is 18.7. The Bertz CT molecular complexity index is 898. The highest BCUT2D eigenvalue weighted by molar-refractivity contribution is 6.00. The van der Waals surface area contributed by atoms with Gasteiger partial charge in [0.2, 0.25) is 0 Å². The lowest BCUT2D eigenvalue weighted by Gasteiger charge is -2.26. The van der Waals surface area contributed by atoms with Crippen LogP contribution in [-0.2, 0) is 20.8 Å². The zero-order valence-electron chi connectivity index (χ0n) is 18.7. The standard InChI is InChI=1S/C25H32N2O5/c1-19-15-22(28)17-20-16-21(26-32-18-23(29)27-12-8-6-9-13-27)11-7-4-2-3-5-10-14-31-25(30)24(19)20/h3,5,7,11,15,17,28H,2,4,6,8-10,12-14,16,18H2,1H3/b5-3+,11-7+,26-21+. The predicted octanol–water partition coefficient (Wildman–Crippen LogP) is 4.08. The number of piperidine rings is 1. The van der Waals surface area contributed by atoms with E-state index in [1.54, 1.807) is 19.1 Å². The normalized spacial score (nSPS) is 21.2. The molecule has 7 heteroatoms. The molecule has 2 aliphatic heterocycles.